The third-order valence-electron chi connectivity index (χ3n) is 8.57. The van der Waals surface area contributed by atoms with E-state index in [9.17, 15) is 0 Å². The molecule has 6 aromatic rings. The largest absolute Gasteiger partial charge is 0.309 e. The lowest BCUT2D eigenvalue weighted by Gasteiger charge is -2.30. The van der Waals surface area contributed by atoms with Crippen molar-refractivity contribution in [1.82, 2.24) is 9.55 Å². The molecule has 0 spiro atoms. The van der Waals surface area contributed by atoms with Gasteiger partial charge >= 0.3 is 0 Å². The number of aryl methyl sites for hydroxylation is 1. The standard InChI is InChI=1S/C35H30N2/c1-4-35(5-2)30-21-24(32-14-10-11-23(3)36-32)17-19-26(30)27-20-18-25(22-31(27)35)37-33-15-8-6-12-28(33)29-13-7-9-16-34(29)37/h6-22H,4-5H2,1-3H3. The molecule has 37 heavy (non-hydrogen) atoms. The minimum Gasteiger partial charge on any atom is -0.309 e. The first-order valence-corrected chi connectivity index (χ1v) is 13.4. The molecule has 2 nitrogen and oxygen atoms in total. The topological polar surface area (TPSA) is 17.8 Å². The van der Waals surface area contributed by atoms with Crippen molar-refractivity contribution in [3.05, 3.63) is 120 Å². The minimum atomic E-state index is -0.0146. The van der Waals surface area contributed by atoms with Crippen molar-refractivity contribution in [2.24, 2.45) is 0 Å². The van der Waals surface area contributed by atoms with E-state index < -0.39 is 0 Å². The Morgan fingerprint density at radius 2 is 1.27 bits per heavy atom. The lowest BCUT2D eigenvalue weighted by atomic mass is 9.73. The van der Waals surface area contributed by atoms with E-state index in [1.165, 1.54) is 55.3 Å². The van der Waals surface area contributed by atoms with Crippen molar-refractivity contribution in [3.8, 4) is 28.1 Å². The monoisotopic (exact) mass is 478 g/mol. The van der Waals surface area contributed by atoms with Crippen LogP contribution in [0.15, 0.2) is 103 Å². The van der Waals surface area contributed by atoms with Crippen LogP contribution in [0, 0.1) is 6.92 Å². The maximum absolute atomic E-state index is 4.82. The van der Waals surface area contributed by atoms with Gasteiger partial charge in [0.15, 0.2) is 0 Å². The molecule has 1 aliphatic carbocycles. The Kier molecular flexibility index (Phi) is 4.87. The second-order valence-corrected chi connectivity index (χ2v) is 10.3. The minimum absolute atomic E-state index is 0.0146. The van der Waals surface area contributed by atoms with Crippen LogP contribution in [0.2, 0.25) is 0 Å². The molecule has 2 heterocycles. The second-order valence-electron chi connectivity index (χ2n) is 10.3. The van der Waals surface area contributed by atoms with E-state index in [0.717, 1.165) is 24.2 Å². The van der Waals surface area contributed by atoms with E-state index in [0.29, 0.717) is 0 Å². The summed E-state index contributed by atoms with van der Waals surface area (Å²) < 4.78 is 2.44. The third kappa shape index (κ3) is 3.08. The molecule has 0 amide bonds. The Hall–Kier alpha value is -4.17. The average Bonchev–Trinajstić information content (AvgIpc) is 3.42. The Balaban J connectivity index is 1.46. The molecule has 1 aliphatic rings. The van der Waals surface area contributed by atoms with Crippen LogP contribution in [0.1, 0.15) is 43.5 Å². The Morgan fingerprint density at radius 1 is 0.649 bits per heavy atom. The first-order valence-electron chi connectivity index (χ1n) is 13.4. The molecule has 7 rings (SSSR count). The van der Waals surface area contributed by atoms with Crippen LogP contribution in [-0.2, 0) is 5.41 Å². The zero-order valence-electron chi connectivity index (χ0n) is 21.6. The molecule has 4 aromatic carbocycles. The lowest BCUT2D eigenvalue weighted by molar-refractivity contribution is 0.490. The normalized spacial score (nSPS) is 13.7. The fourth-order valence-electron chi connectivity index (χ4n) is 6.70. The van der Waals surface area contributed by atoms with Gasteiger partial charge in [-0.05, 0) is 84.5 Å². The highest BCUT2D eigenvalue weighted by Crippen LogP contribution is 2.54. The van der Waals surface area contributed by atoms with Gasteiger partial charge in [0.05, 0.1) is 16.7 Å². The van der Waals surface area contributed by atoms with Gasteiger partial charge < -0.3 is 4.57 Å². The van der Waals surface area contributed by atoms with Crippen LogP contribution < -0.4 is 0 Å². The summed E-state index contributed by atoms with van der Waals surface area (Å²) in [4.78, 5) is 4.82. The maximum atomic E-state index is 4.82. The predicted octanol–water partition coefficient (Wildman–Crippen LogP) is 9.24. The molecule has 2 heteroatoms. The van der Waals surface area contributed by atoms with Crippen molar-refractivity contribution in [3.63, 3.8) is 0 Å². The van der Waals surface area contributed by atoms with Crippen LogP contribution in [0.4, 0.5) is 0 Å². The summed E-state index contributed by atoms with van der Waals surface area (Å²) in [5, 5.41) is 2.60. The number of benzene rings is 4. The zero-order chi connectivity index (χ0) is 25.1. The molecular formula is C35H30N2. The zero-order valence-corrected chi connectivity index (χ0v) is 21.6. The highest BCUT2D eigenvalue weighted by Gasteiger charge is 2.41. The highest BCUT2D eigenvalue weighted by atomic mass is 15.0. The van der Waals surface area contributed by atoms with Gasteiger partial charge in [0.25, 0.3) is 0 Å². The van der Waals surface area contributed by atoms with E-state index in [4.69, 9.17) is 4.98 Å². The summed E-state index contributed by atoms with van der Waals surface area (Å²) in [6.45, 7) is 6.74. The van der Waals surface area contributed by atoms with E-state index >= 15 is 0 Å². The highest BCUT2D eigenvalue weighted by molar-refractivity contribution is 6.09. The molecule has 0 atom stereocenters. The Bertz CT molecular complexity index is 1760. The molecule has 180 valence electrons. The first-order chi connectivity index (χ1) is 18.1. The summed E-state index contributed by atoms with van der Waals surface area (Å²) >= 11 is 0. The fourth-order valence-corrected chi connectivity index (χ4v) is 6.70. The van der Waals surface area contributed by atoms with Gasteiger partial charge in [-0.3, -0.25) is 4.98 Å². The van der Waals surface area contributed by atoms with Crippen molar-refractivity contribution in [2.45, 2.75) is 39.0 Å². The molecule has 0 N–H and O–H groups in total. The number of pyridine rings is 1. The Morgan fingerprint density at radius 3 is 1.92 bits per heavy atom. The summed E-state index contributed by atoms with van der Waals surface area (Å²) in [6.07, 6.45) is 2.12. The predicted molar refractivity (Wildman–Crippen MR) is 156 cm³/mol. The SMILES string of the molecule is CCC1(CC)c2cc(-c3cccc(C)n3)ccc2-c2ccc(-n3c4ccccc4c4ccccc43)cc21. The van der Waals surface area contributed by atoms with Crippen LogP contribution in [-0.4, -0.2) is 9.55 Å². The number of nitrogens with zero attached hydrogens (tertiary/aromatic N) is 2. The molecule has 2 aromatic heterocycles. The van der Waals surface area contributed by atoms with Gasteiger partial charge in [-0.15, -0.1) is 0 Å². The van der Waals surface area contributed by atoms with Gasteiger partial charge in [-0.2, -0.15) is 0 Å². The lowest BCUT2D eigenvalue weighted by Crippen LogP contribution is -2.23. The van der Waals surface area contributed by atoms with Crippen LogP contribution in [0.3, 0.4) is 0 Å². The second kappa shape index (κ2) is 8.18. The van der Waals surface area contributed by atoms with Gasteiger partial charge in [-0.1, -0.05) is 74.5 Å². The van der Waals surface area contributed by atoms with E-state index in [1.807, 2.05) is 0 Å². The number of para-hydroxylation sites is 2. The molecule has 0 saturated carbocycles. The molecule has 0 bridgehead atoms. The maximum Gasteiger partial charge on any atom is 0.0705 e. The van der Waals surface area contributed by atoms with Crippen LogP contribution >= 0.6 is 0 Å². The van der Waals surface area contributed by atoms with Gasteiger partial charge in [0.1, 0.15) is 0 Å². The average molecular weight is 479 g/mol. The number of hydrogen-bond donors (Lipinski definition) is 0. The van der Waals surface area contributed by atoms with Crippen LogP contribution in [0.5, 0.6) is 0 Å². The number of rotatable bonds is 4. The molecule has 0 unspecified atom stereocenters. The number of hydrogen-bond acceptors (Lipinski definition) is 1. The van der Waals surface area contributed by atoms with E-state index in [-0.39, 0.29) is 5.41 Å². The molecular weight excluding hydrogens is 448 g/mol. The van der Waals surface area contributed by atoms with Crippen LogP contribution in [0.25, 0.3) is 49.9 Å². The summed E-state index contributed by atoms with van der Waals surface area (Å²) in [5.74, 6) is 0. The van der Waals surface area contributed by atoms with Crippen molar-refractivity contribution in [1.29, 1.82) is 0 Å². The number of fused-ring (bicyclic) bond motifs is 6. The van der Waals surface area contributed by atoms with Crippen molar-refractivity contribution in [2.75, 3.05) is 0 Å². The van der Waals surface area contributed by atoms with Gasteiger partial charge in [0, 0.05) is 33.1 Å². The number of aromatic nitrogens is 2. The van der Waals surface area contributed by atoms with E-state index in [2.05, 4.69) is 128 Å². The quantitative estimate of drug-likeness (QED) is 0.247. The molecule has 0 saturated heterocycles. The van der Waals surface area contributed by atoms with Gasteiger partial charge in [0.2, 0.25) is 0 Å². The third-order valence-corrected chi connectivity index (χ3v) is 8.57. The van der Waals surface area contributed by atoms with Crippen molar-refractivity contribution >= 4 is 21.8 Å². The first kappa shape index (κ1) is 22.1. The molecule has 0 aliphatic heterocycles. The summed E-state index contributed by atoms with van der Waals surface area (Å²) in [6, 6.07) is 37.9. The molecule has 0 radical (unpaired) electrons. The smallest absolute Gasteiger partial charge is 0.0705 e. The van der Waals surface area contributed by atoms with E-state index in [1.54, 1.807) is 0 Å². The summed E-state index contributed by atoms with van der Waals surface area (Å²) in [7, 11) is 0. The van der Waals surface area contributed by atoms with Crippen molar-refractivity contribution < 1.29 is 0 Å². The summed E-state index contributed by atoms with van der Waals surface area (Å²) in [5.41, 5.74) is 12.6. The fraction of sp³-hybridized carbons (Fsp3) is 0.171. The Labute approximate surface area is 218 Å². The van der Waals surface area contributed by atoms with Gasteiger partial charge in [-0.25, -0.2) is 0 Å². The molecule has 0 fully saturated rings.